The maximum absolute atomic E-state index is 5.43. The minimum absolute atomic E-state index is 0.764. The van der Waals surface area contributed by atoms with Gasteiger partial charge in [-0.05, 0) is 19.1 Å². The van der Waals surface area contributed by atoms with Crippen molar-refractivity contribution in [2.24, 2.45) is 5.10 Å². The van der Waals surface area contributed by atoms with Crippen molar-refractivity contribution in [1.29, 1.82) is 0 Å². The number of aryl methyl sites for hydroxylation is 1. The molecule has 1 aliphatic rings. The van der Waals surface area contributed by atoms with Crippen LogP contribution in [0.2, 0.25) is 0 Å². The summed E-state index contributed by atoms with van der Waals surface area (Å²) in [6, 6.07) is 6.21. The lowest BCUT2D eigenvalue weighted by Gasteiger charge is -2.30. The van der Waals surface area contributed by atoms with Crippen LogP contribution in [0.1, 0.15) is 11.3 Å². The van der Waals surface area contributed by atoms with E-state index in [9.17, 15) is 0 Å². The summed E-state index contributed by atoms with van der Waals surface area (Å²) in [7, 11) is 0. The summed E-state index contributed by atoms with van der Waals surface area (Å²) < 4.78 is 6.49. The number of aromatic nitrogens is 1. The van der Waals surface area contributed by atoms with E-state index in [4.69, 9.17) is 4.74 Å². The Hall–Kier alpha value is -1.44. The topological polar surface area (TPSA) is 49.8 Å². The Morgan fingerprint density at radius 2 is 2.23 bits per heavy atom. The number of hydrazone groups is 1. The van der Waals surface area contributed by atoms with Crippen molar-refractivity contribution in [3.63, 3.8) is 0 Å². The van der Waals surface area contributed by atoms with Gasteiger partial charge in [0.15, 0.2) is 0 Å². The van der Waals surface area contributed by atoms with Gasteiger partial charge in [-0.1, -0.05) is 22.0 Å². The summed E-state index contributed by atoms with van der Waals surface area (Å²) in [5, 5.41) is 7.11. The van der Waals surface area contributed by atoms with Crippen molar-refractivity contribution in [2.45, 2.75) is 6.92 Å². The molecule has 0 radical (unpaired) electrons. The minimum Gasteiger partial charge on any atom is -0.378 e. The van der Waals surface area contributed by atoms with Crippen molar-refractivity contribution >= 4 is 44.3 Å². The average Bonchev–Trinajstić information content (AvgIpc) is 2.95. The van der Waals surface area contributed by atoms with Gasteiger partial charge in [-0.15, -0.1) is 11.3 Å². The summed E-state index contributed by atoms with van der Waals surface area (Å²) in [5.41, 5.74) is 6.22. The fourth-order valence-corrected chi connectivity index (χ4v) is 3.25. The molecular weight excluding hydrogens is 364 g/mol. The van der Waals surface area contributed by atoms with Gasteiger partial charge < -0.3 is 9.64 Å². The zero-order chi connectivity index (χ0) is 15.4. The maximum atomic E-state index is 5.43. The van der Waals surface area contributed by atoms with E-state index in [1.807, 2.05) is 24.6 Å². The van der Waals surface area contributed by atoms with Gasteiger partial charge in [0.1, 0.15) is 0 Å². The summed E-state index contributed by atoms with van der Waals surface area (Å²) in [6.45, 7) is 5.29. The Morgan fingerprint density at radius 1 is 1.41 bits per heavy atom. The van der Waals surface area contributed by atoms with Gasteiger partial charge in [0.2, 0.25) is 5.13 Å². The van der Waals surface area contributed by atoms with Crippen LogP contribution in [0.25, 0.3) is 0 Å². The van der Waals surface area contributed by atoms with E-state index in [0.717, 1.165) is 47.2 Å². The van der Waals surface area contributed by atoms with Crippen molar-refractivity contribution in [2.75, 3.05) is 36.6 Å². The monoisotopic (exact) mass is 380 g/mol. The molecule has 116 valence electrons. The molecule has 2 heterocycles. The highest BCUT2D eigenvalue weighted by atomic mass is 79.9. The van der Waals surface area contributed by atoms with Gasteiger partial charge in [0.05, 0.1) is 25.1 Å². The fourth-order valence-electron chi connectivity index (χ4n) is 2.27. The average molecular weight is 381 g/mol. The minimum atomic E-state index is 0.764. The molecule has 7 heteroatoms. The van der Waals surface area contributed by atoms with Crippen LogP contribution in [-0.4, -0.2) is 37.5 Å². The zero-order valence-electron chi connectivity index (χ0n) is 12.3. The predicted octanol–water partition coefficient (Wildman–Crippen LogP) is 3.50. The first-order chi connectivity index (χ1) is 10.7. The second-order valence-electron chi connectivity index (χ2n) is 4.97. The second-order valence-corrected chi connectivity index (χ2v) is 6.74. The largest absolute Gasteiger partial charge is 0.378 e. The maximum Gasteiger partial charge on any atom is 0.203 e. The molecule has 1 N–H and O–H groups in total. The van der Waals surface area contributed by atoms with Crippen LogP contribution >= 0.6 is 27.3 Å². The quantitative estimate of drug-likeness (QED) is 0.651. The first-order valence-corrected chi connectivity index (χ1v) is 8.73. The van der Waals surface area contributed by atoms with E-state index in [1.165, 1.54) is 5.69 Å². The molecule has 0 saturated carbocycles. The number of hydrogen-bond donors (Lipinski definition) is 1. The molecule has 5 nitrogen and oxygen atoms in total. The molecule has 0 bridgehead atoms. The third-order valence-corrected chi connectivity index (χ3v) is 4.69. The molecular formula is C15H17BrN4OS. The van der Waals surface area contributed by atoms with Gasteiger partial charge in [0, 0.05) is 34.2 Å². The van der Waals surface area contributed by atoms with Gasteiger partial charge in [0.25, 0.3) is 0 Å². The lowest BCUT2D eigenvalue weighted by molar-refractivity contribution is 0.122. The summed E-state index contributed by atoms with van der Waals surface area (Å²) in [5.74, 6) is 0. The van der Waals surface area contributed by atoms with Crippen molar-refractivity contribution in [1.82, 2.24) is 4.98 Å². The van der Waals surface area contributed by atoms with E-state index in [1.54, 1.807) is 11.3 Å². The fraction of sp³-hybridized carbons (Fsp3) is 0.333. The highest BCUT2D eigenvalue weighted by Crippen LogP contribution is 2.25. The third-order valence-electron chi connectivity index (χ3n) is 3.33. The molecule has 0 atom stereocenters. The Labute approximate surface area is 142 Å². The first-order valence-electron chi connectivity index (χ1n) is 7.06. The SMILES string of the molecule is Cc1csc(NN=Cc2ccc(Br)cc2N2CCOCC2)n1. The molecule has 2 aromatic rings. The van der Waals surface area contributed by atoms with Crippen LogP contribution in [0.15, 0.2) is 33.2 Å². The number of benzene rings is 1. The molecule has 0 unspecified atom stereocenters. The highest BCUT2D eigenvalue weighted by molar-refractivity contribution is 9.10. The second kappa shape index (κ2) is 7.21. The normalized spacial score (nSPS) is 15.5. The summed E-state index contributed by atoms with van der Waals surface area (Å²) in [6.07, 6.45) is 1.84. The van der Waals surface area contributed by atoms with Crippen molar-refractivity contribution in [3.05, 3.63) is 39.3 Å². The number of hydrogen-bond acceptors (Lipinski definition) is 6. The van der Waals surface area contributed by atoms with E-state index in [2.05, 4.69) is 48.5 Å². The summed E-state index contributed by atoms with van der Waals surface area (Å²) >= 11 is 5.09. The molecule has 1 aliphatic heterocycles. The number of anilines is 2. The van der Waals surface area contributed by atoms with Crippen LogP contribution in [0.5, 0.6) is 0 Å². The van der Waals surface area contributed by atoms with E-state index >= 15 is 0 Å². The highest BCUT2D eigenvalue weighted by Gasteiger charge is 2.14. The van der Waals surface area contributed by atoms with Gasteiger partial charge >= 0.3 is 0 Å². The molecule has 22 heavy (non-hydrogen) atoms. The molecule has 0 spiro atoms. The zero-order valence-corrected chi connectivity index (χ0v) is 14.7. The Balaban J connectivity index is 1.77. The number of rotatable bonds is 4. The van der Waals surface area contributed by atoms with Crippen LogP contribution in [0.3, 0.4) is 0 Å². The molecule has 3 rings (SSSR count). The van der Waals surface area contributed by atoms with E-state index < -0.39 is 0 Å². The number of halogens is 1. The van der Waals surface area contributed by atoms with Gasteiger partial charge in [-0.2, -0.15) is 5.10 Å². The Bertz CT molecular complexity index is 667. The molecule has 1 fully saturated rings. The Morgan fingerprint density at radius 3 is 2.95 bits per heavy atom. The molecule has 1 aromatic carbocycles. The molecule has 0 aliphatic carbocycles. The van der Waals surface area contributed by atoms with Crippen LogP contribution < -0.4 is 10.3 Å². The van der Waals surface area contributed by atoms with E-state index in [-0.39, 0.29) is 0 Å². The molecule has 1 aromatic heterocycles. The van der Waals surface area contributed by atoms with Gasteiger partial charge in [-0.3, -0.25) is 5.43 Å². The number of ether oxygens (including phenoxy) is 1. The number of thiazole rings is 1. The van der Waals surface area contributed by atoms with Crippen molar-refractivity contribution in [3.8, 4) is 0 Å². The van der Waals surface area contributed by atoms with Crippen LogP contribution in [-0.2, 0) is 4.74 Å². The number of nitrogens with zero attached hydrogens (tertiary/aromatic N) is 3. The molecule has 1 saturated heterocycles. The van der Waals surface area contributed by atoms with Crippen LogP contribution in [0.4, 0.5) is 10.8 Å². The molecule has 0 amide bonds. The van der Waals surface area contributed by atoms with Gasteiger partial charge in [-0.25, -0.2) is 4.98 Å². The Kier molecular flexibility index (Phi) is 5.07. The summed E-state index contributed by atoms with van der Waals surface area (Å²) in [4.78, 5) is 6.65. The lowest BCUT2D eigenvalue weighted by Crippen LogP contribution is -2.36. The lowest BCUT2D eigenvalue weighted by atomic mass is 10.1. The third kappa shape index (κ3) is 3.85. The van der Waals surface area contributed by atoms with E-state index in [0.29, 0.717) is 0 Å². The predicted molar refractivity (Wildman–Crippen MR) is 95.2 cm³/mol. The standard InChI is InChI=1S/C15H17BrN4OS/c1-11-10-22-15(18-11)19-17-9-12-2-3-13(16)8-14(12)20-4-6-21-7-5-20/h2-3,8-10H,4-7H2,1H3,(H,18,19). The van der Waals surface area contributed by atoms with Crippen LogP contribution in [0, 0.1) is 6.92 Å². The smallest absolute Gasteiger partial charge is 0.203 e. The van der Waals surface area contributed by atoms with Crippen molar-refractivity contribution < 1.29 is 4.74 Å². The number of nitrogens with one attached hydrogen (secondary N) is 1. The first kappa shape index (κ1) is 15.5. The number of morpholine rings is 1.